The monoisotopic (exact) mass is 320 g/mol. The molecular weight excluding hydrogens is 297 g/mol. The van der Waals surface area contributed by atoms with Crippen LogP contribution in [0, 0.1) is 0 Å². The van der Waals surface area contributed by atoms with Crippen LogP contribution in [0.3, 0.4) is 0 Å². The molecule has 0 N–H and O–H groups in total. The summed E-state index contributed by atoms with van der Waals surface area (Å²) in [5.41, 5.74) is 2.33. The van der Waals surface area contributed by atoms with Gasteiger partial charge in [-0.2, -0.15) is 0 Å². The standard InChI is InChI=1S/C20H23F3/c1-3-18(21)20(23)19(22)13-14(2)15-9-11-17(12-10-15)16-7-5-4-6-8-16/h9-13,16H,2-8H2,1H3/b19-13+,20-18-. The van der Waals surface area contributed by atoms with Crippen LogP contribution in [0.5, 0.6) is 0 Å². The normalized spacial score (nSPS) is 17.8. The van der Waals surface area contributed by atoms with E-state index in [1.54, 1.807) is 0 Å². The molecular formula is C20H23F3. The smallest absolute Gasteiger partial charge is 0.190 e. The van der Waals surface area contributed by atoms with Gasteiger partial charge in [-0.3, -0.25) is 0 Å². The van der Waals surface area contributed by atoms with Gasteiger partial charge in [0.25, 0.3) is 0 Å². The molecule has 2 rings (SSSR count). The summed E-state index contributed by atoms with van der Waals surface area (Å²) in [5, 5.41) is 0. The quantitative estimate of drug-likeness (QED) is 0.505. The average molecular weight is 320 g/mol. The maximum Gasteiger partial charge on any atom is 0.190 e. The molecule has 124 valence electrons. The van der Waals surface area contributed by atoms with Gasteiger partial charge in [-0.15, -0.1) is 0 Å². The molecule has 0 nitrogen and oxygen atoms in total. The number of benzene rings is 1. The van der Waals surface area contributed by atoms with Crippen LogP contribution in [0.2, 0.25) is 0 Å². The first-order valence-corrected chi connectivity index (χ1v) is 8.24. The first-order chi connectivity index (χ1) is 11.0. The molecule has 0 radical (unpaired) electrons. The molecule has 1 saturated carbocycles. The van der Waals surface area contributed by atoms with Gasteiger partial charge in [0.2, 0.25) is 0 Å². The van der Waals surface area contributed by atoms with E-state index in [0.29, 0.717) is 17.1 Å². The summed E-state index contributed by atoms with van der Waals surface area (Å²) in [6, 6.07) is 7.80. The Hall–Kier alpha value is -1.77. The fraction of sp³-hybridized carbons (Fsp3) is 0.400. The second kappa shape index (κ2) is 8.19. The highest BCUT2D eigenvalue weighted by Crippen LogP contribution is 2.33. The van der Waals surface area contributed by atoms with E-state index in [0.717, 1.165) is 6.08 Å². The average Bonchev–Trinajstić information content (AvgIpc) is 2.61. The summed E-state index contributed by atoms with van der Waals surface area (Å²) in [6.45, 7) is 5.18. The maximum atomic E-state index is 13.7. The van der Waals surface area contributed by atoms with Crippen molar-refractivity contribution in [3.63, 3.8) is 0 Å². The van der Waals surface area contributed by atoms with Crippen LogP contribution in [-0.4, -0.2) is 0 Å². The van der Waals surface area contributed by atoms with Crippen LogP contribution in [0.4, 0.5) is 13.2 Å². The molecule has 0 spiro atoms. The Morgan fingerprint density at radius 2 is 1.70 bits per heavy atom. The highest BCUT2D eigenvalue weighted by molar-refractivity contribution is 5.73. The zero-order valence-electron chi connectivity index (χ0n) is 13.5. The minimum absolute atomic E-state index is 0.171. The van der Waals surface area contributed by atoms with Gasteiger partial charge in [-0.05, 0) is 48.0 Å². The van der Waals surface area contributed by atoms with Gasteiger partial charge >= 0.3 is 0 Å². The molecule has 0 unspecified atom stereocenters. The van der Waals surface area contributed by atoms with Crippen LogP contribution in [0.15, 0.2) is 54.4 Å². The fourth-order valence-corrected chi connectivity index (χ4v) is 2.99. The first-order valence-electron chi connectivity index (χ1n) is 8.24. The minimum Gasteiger partial charge on any atom is -0.209 e. The second-order valence-corrected chi connectivity index (χ2v) is 6.05. The van der Waals surface area contributed by atoms with E-state index in [4.69, 9.17) is 0 Å². The van der Waals surface area contributed by atoms with Crippen molar-refractivity contribution in [3.05, 3.63) is 65.5 Å². The van der Waals surface area contributed by atoms with Gasteiger partial charge in [0, 0.05) is 0 Å². The van der Waals surface area contributed by atoms with Crippen LogP contribution >= 0.6 is 0 Å². The lowest BCUT2D eigenvalue weighted by molar-refractivity contribution is 0.443. The van der Waals surface area contributed by atoms with E-state index in [9.17, 15) is 13.2 Å². The summed E-state index contributed by atoms with van der Waals surface area (Å²) in [7, 11) is 0. The lowest BCUT2D eigenvalue weighted by Crippen LogP contribution is -2.04. The largest absolute Gasteiger partial charge is 0.209 e. The van der Waals surface area contributed by atoms with Crippen molar-refractivity contribution in [2.75, 3.05) is 0 Å². The van der Waals surface area contributed by atoms with Gasteiger partial charge in [0.15, 0.2) is 11.7 Å². The fourth-order valence-electron chi connectivity index (χ4n) is 2.99. The third-order valence-corrected chi connectivity index (χ3v) is 4.42. The summed E-state index contributed by atoms with van der Waals surface area (Å²) in [5.74, 6) is -3.14. The molecule has 0 bridgehead atoms. The molecule has 0 heterocycles. The summed E-state index contributed by atoms with van der Waals surface area (Å²) < 4.78 is 40.1. The molecule has 1 aromatic rings. The Morgan fingerprint density at radius 1 is 1.09 bits per heavy atom. The highest BCUT2D eigenvalue weighted by atomic mass is 19.2. The van der Waals surface area contributed by atoms with Crippen molar-refractivity contribution in [2.24, 2.45) is 0 Å². The lowest BCUT2D eigenvalue weighted by atomic mass is 9.84. The molecule has 0 aliphatic heterocycles. The minimum atomic E-state index is -1.44. The molecule has 1 fully saturated rings. The summed E-state index contributed by atoms with van der Waals surface area (Å²) in [4.78, 5) is 0. The van der Waals surface area contributed by atoms with Crippen LogP contribution < -0.4 is 0 Å². The molecule has 3 heteroatoms. The molecule has 0 atom stereocenters. The van der Waals surface area contributed by atoms with E-state index >= 15 is 0 Å². The van der Waals surface area contributed by atoms with Crippen molar-refractivity contribution in [3.8, 4) is 0 Å². The Morgan fingerprint density at radius 3 is 2.26 bits per heavy atom. The zero-order chi connectivity index (χ0) is 16.8. The third-order valence-electron chi connectivity index (χ3n) is 4.42. The molecule has 0 saturated heterocycles. The predicted molar refractivity (Wildman–Crippen MR) is 90.0 cm³/mol. The third kappa shape index (κ3) is 4.60. The van der Waals surface area contributed by atoms with Crippen LogP contribution in [0.25, 0.3) is 5.57 Å². The van der Waals surface area contributed by atoms with Crippen molar-refractivity contribution in [1.29, 1.82) is 0 Å². The SMILES string of the molecule is C=C(/C=C(F)\C(F)=C(\F)CC)c1ccc(C2CCCCC2)cc1. The number of hydrogen-bond donors (Lipinski definition) is 0. The van der Waals surface area contributed by atoms with Crippen molar-refractivity contribution in [2.45, 2.75) is 51.4 Å². The first kappa shape index (κ1) is 17.6. The Bertz CT molecular complexity index is 602. The predicted octanol–water partition coefficient (Wildman–Crippen LogP) is 7.16. The van der Waals surface area contributed by atoms with Crippen molar-refractivity contribution < 1.29 is 13.2 Å². The van der Waals surface area contributed by atoms with Gasteiger partial charge in [0.05, 0.1) is 0 Å². The number of rotatable bonds is 5. The van der Waals surface area contributed by atoms with E-state index in [1.807, 2.05) is 24.3 Å². The molecule has 23 heavy (non-hydrogen) atoms. The number of hydrogen-bond acceptors (Lipinski definition) is 0. The van der Waals surface area contributed by atoms with Gasteiger partial charge in [-0.1, -0.05) is 57.0 Å². The topological polar surface area (TPSA) is 0 Å². The Balaban J connectivity index is 2.11. The Kier molecular flexibility index (Phi) is 6.26. The van der Waals surface area contributed by atoms with Gasteiger partial charge < -0.3 is 0 Å². The van der Waals surface area contributed by atoms with Crippen LogP contribution in [-0.2, 0) is 0 Å². The van der Waals surface area contributed by atoms with E-state index in [-0.39, 0.29) is 6.42 Å². The van der Waals surface area contributed by atoms with Gasteiger partial charge in [0.1, 0.15) is 5.83 Å². The maximum absolute atomic E-state index is 13.7. The van der Waals surface area contributed by atoms with Crippen molar-refractivity contribution in [1.82, 2.24) is 0 Å². The molecule has 0 aromatic heterocycles. The molecule has 1 aromatic carbocycles. The number of halogens is 3. The van der Waals surface area contributed by atoms with Crippen molar-refractivity contribution >= 4 is 5.57 Å². The zero-order valence-corrected chi connectivity index (χ0v) is 13.5. The molecule has 1 aliphatic carbocycles. The van der Waals surface area contributed by atoms with E-state index in [2.05, 4.69) is 6.58 Å². The summed E-state index contributed by atoms with van der Waals surface area (Å²) >= 11 is 0. The summed E-state index contributed by atoms with van der Waals surface area (Å²) in [6.07, 6.45) is 7.03. The molecule has 1 aliphatic rings. The van der Waals surface area contributed by atoms with E-state index in [1.165, 1.54) is 44.6 Å². The van der Waals surface area contributed by atoms with Crippen LogP contribution in [0.1, 0.15) is 62.5 Å². The van der Waals surface area contributed by atoms with E-state index < -0.39 is 17.5 Å². The number of allylic oxidation sites excluding steroid dienone is 5. The second-order valence-electron chi connectivity index (χ2n) is 6.05. The highest BCUT2D eigenvalue weighted by Gasteiger charge is 2.15. The molecule has 0 amide bonds. The Labute approximate surface area is 136 Å². The lowest BCUT2D eigenvalue weighted by Gasteiger charge is -2.22. The van der Waals surface area contributed by atoms with Gasteiger partial charge in [-0.25, -0.2) is 13.2 Å².